The number of hydrogen-bond donors (Lipinski definition) is 2. The van der Waals surface area contributed by atoms with Crippen LogP contribution in [-0.4, -0.2) is 25.5 Å². The van der Waals surface area contributed by atoms with Gasteiger partial charge in [0.25, 0.3) is 5.91 Å². The van der Waals surface area contributed by atoms with Crippen LogP contribution in [0.1, 0.15) is 34.0 Å². The minimum Gasteiger partial charge on any atom is -0.493 e. The van der Waals surface area contributed by atoms with Gasteiger partial charge < -0.3 is 13.9 Å². The van der Waals surface area contributed by atoms with Crippen molar-refractivity contribution in [3.8, 4) is 11.5 Å². The Labute approximate surface area is 169 Å². The van der Waals surface area contributed by atoms with Crippen molar-refractivity contribution >= 4 is 22.8 Å². The van der Waals surface area contributed by atoms with Gasteiger partial charge in [0.2, 0.25) is 5.91 Å². The molecule has 0 unspecified atom stereocenters. The number of furan rings is 1. The third kappa shape index (κ3) is 4.34. The van der Waals surface area contributed by atoms with E-state index in [1.54, 1.807) is 24.5 Å². The Morgan fingerprint density at radius 1 is 1.07 bits per heavy atom. The van der Waals surface area contributed by atoms with Crippen LogP contribution in [0.15, 0.2) is 41.0 Å². The standard InChI is InChI=1S/C22H24N2O5/c1-5-28-18-9-7-15(10-19(18)27-4)22(26)24-23-20(25)11-16-12-29-21-14(3)13(2)6-8-17(16)21/h6-10,12H,5,11H2,1-4H3,(H,23,25)(H,24,26). The van der Waals surface area contributed by atoms with Gasteiger partial charge in [-0.05, 0) is 50.1 Å². The van der Waals surface area contributed by atoms with E-state index in [0.29, 0.717) is 23.7 Å². The Hall–Kier alpha value is -3.48. The molecule has 0 spiro atoms. The molecule has 29 heavy (non-hydrogen) atoms. The fraction of sp³-hybridized carbons (Fsp3) is 0.273. The van der Waals surface area contributed by atoms with E-state index in [1.165, 1.54) is 7.11 Å². The van der Waals surface area contributed by atoms with Crippen LogP contribution in [0.2, 0.25) is 0 Å². The summed E-state index contributed by atoms with van der Waals surface area (Å²) in [6.45, 7) is 6.34. The van der Waals surface area contributed by atoms with E-state index in [4.69, 9.17) is 13.9 Å². The van der Waals surface area contributed by atoms with Crippen molar-refractivity contribution in [2.75, 3.05) is 13.7 Å². The highest BCUT2D eigenvalue weighted by atomic mass is 16.5. The lowest BCUT2D eigenvalue weighted by Gasteiger charge is -2.11. The molecule has 1 heterocycles. The maximum Gasteiger partial charge on any atom is 0.269 e. The molecule has 0 aliphatic carbocycles. The maximum absolute atomic E-state index is 12.3. The average molecular weight is 396 g/mol. The predicted octanol–water partition coefficient (Wildman–Crippen LogP) is 3.46. The van der Waals surface area contributed by atoms with Crippen molar-refractivity contribution in [1.29, 1.82) is 0 Å². The molecule has 2 amide bonds. The van der Waals surface area contributed by atoms with E-state index in [2.05, 4.69) is 10.9 Å². The molecule has 152 valence electrons. The third-order valence-electron chi connectivity index (χ3n) is 4.73. The van der Waals surface area contributed by atoms with Crippen LogP contribution in [0.4, 0.5) is 0 Å². The van der Waals surface area contributed by atoms with E-state index in [1.807, 2.05) is 32.9 Å². The SMILES string of the molecule is CCOc1ccc(C(=O)NNC(=O)Cc2coc3c(C)c(C)ccc23)cc1OC. The largest absolute Gasteiger partial charge is 0.493 e. The molecule has 0 saturated heterocycles. The maximum atomic E-state index is 12.3. The van der Waals surface area contributed by atoms with Gasteiger partial charge in [-0.2, -0.15) is 0 Å². The first-order chi connectivity index (χ1) is 13.9. The zero-order valence-electron chi connectivity index (χ0n) is 16.9. The number of aryl methyl sites for hydroxylation is 2. The summed E-state index contributed by atoms with van der Waals surface area (Å²) in [5.41, 5.74) is 8.90. The van der Waals surface area contributed by atoms with Gasteiger partial charge in [-0.15, -0.1) is 0 Å². The number of hydrazine groups is 1. The first-order valence-electron chi connectivity index (χ1n) is 9.30. The van der Waals surface area contributed by atoms with Gasteiger partial charge in [-0.1, -0.05) is 12.1 Å². The normalized spacial score (nSPS) is 10.6. The summed E-state index contributed by atoms with van der Waals surface area (Å²) in [7, 11) is 1.50. The summed E-state index contributed by atoms with van der Waals surface area (Å²) in [4.78, 5) is 24.6. The van der Waals surface area contributed by atoms with E-state index >= 15 is 0 Å². The molecule has 7 heteroatoms. The fourth-order valence-corrected chi connectivity index (χ4v) is 3.02. The number of fused-ring (bicyclic) bond motifs is 1. The van der Waals surface area contributed by atoms with E-state index < -0.39 is 5.91 Å². The minimum atomic E-state index is -0.455. The van der Waals surface area contributed by atoms with Crippen molar-refractivity contribution in [1.82, 2.24) is 10.9 Å². The lowest BCUT2D eigenvalue weighted by Crippen LogP contribution is -2.42. The molecule has 0 aliphatic heterocycles. The van der Waals surface area contributed by atoms with Gasteiger partial charge in [0.1, 0.15) is 5.58 Å². The number of ether oxygens (including phenoxy) is 2. The minimum absolute atomic E-state index is 0.0857. The summed E-state index contributed by atoms with van der Waals surface area (Å²) in [5.74, 6) is 0.190. The molecule has 2 aromatic carbocycles. The molecule has 0 saturated carbocycles. The summed E-state index contributed by atoms with van der Waals surface area (Å²) in [6, 6.07) is 8.75. The highest BCUT2D eigenvalue weighted by Crippen LogP contribution is 2.28. The van der Waals surface area contributed by atoms with Crippen molar-refractivity contribution in [3.05, 3.63) is 58.8 Å². The summed E-state index contributed by atoms with van der Waals surface area (Å²) < 4.78 is 16.3. The van der Waals surface area contributed by atoms with Crippen LogP contribution in [0, 0.1) is 13.8 Å². The predicted molar refractivity (Wildman–Crippen MR) is 109 cm³/mol. The van der Waals surface area contributed by atoms with Crippen LogP contribution in [-0.2, 0) is 11.2 Å². The van der Waals surface area contributed by atoms with Gasteiger partial charge in [0.05, 0.1) is 26.4 Å². The van der Waals surface area contributed by atoms with Gasteiger partial charge in [0, 0.05) is 16.5 Å². The molecule has 0 aliphatic rings. The highest BCUT2D eigenvalue weighted by Gasteiger charge is 2.15. The molecule has 3 aromatic rings. The monoisotopic (exact) mass is 396 g/mol. The van der Waals surface area contributed by atoms with Crippen LogP contribution in [0.25, 0.3) is 11.0 Å². The Morgan fingerprint density at radius 2 is 1.86 bits per heavy atom. The Morgan fingerprint density at radius 3 is 2.59 bits per heavy atom. The van der Waals surface area contributed by atoms with Gasteiger partial charge >= 0.3 is 0 Å². The number of carbonyl (C=O) groups is 2. The second kappa shape index (κ2) is 8.68. The van der Waals surface area contributed by atoms with Crippen LogP contribution < -0.4 is 20.3 Å². The van der Waals surface area contributed by atoms with E-state index in [0.717, 1.165) is 27.7 Å². The van der Waals surface area contributed by atoms with E-state index in [-0.39, 0.29) is 12.3 Å². The number of carbonyl (C=O) groups excluding carboxylic acids is 2. The van der Waals surface area contributed by atoms with Crippen LogP contribution >= 0.6 is 0 Å². The molecular weight excluding hydrogens is 372 g/mol. The Balaban J connectivity index is 1.64. The zero-order valence-corrected chi connectivity index (χ0v) is 16.9. The van der Waals surface area contributed by atoms with Crippen molar-refractivity contribution in [3.63, 3.8) is 0 Å². The van der Waals surface area contributed by atoms with Gasteiger partial charge in [-0.3, -0.25) is 20.4 Å². The highest BCUT2D eigenvalue weighted by molar-refractivity contribution is 5.96. The second-order valence-corrected chi connectivity index (χ2v) is 6.62. The van der Waals surface area contributed by atoms with Gasteiger partial charge in [0.15, 0.2) is 11.5 Å². The quantitative estimate of drug-likeness (QED) is 0.623. The molecular formula is C22H24N2O5. The van der Waals surface area contributed by atoms with Crippen LogP contribution in [0.5, 0.6) is 11.5 Å². The van der Waals surface area contributed by atoms with Crippen molar-refractivity contribution in [2.24, 2.45) is 0 Å². The lowest BCUT2D eigenvalue weighted by atomic mass is 10.0. The average Bonchev–Trinajstić information content (AvgIpc) is 3.12. The fourth-order valence-electron chi connectivity index (χ4n) is 3.02. The Kier molecular flexibility index (Phi) is 6.07. The number of amides is 2. The van der Waals surface area contributed by atoms with Crippen LogP contribution in [0.3, 0.4) is 0 Å². The first kappa shape index (κ1) is 20.3. The summed E-state index contributed by atoms with van der Waals surface area (Å²) >= 11 is 0. The van der Waals surface area contributed by atoms with E-state index in [9.17, 15) is 9.59 Å². The number of methoxy groups -OCH3 is 1. The zero-order chi connectivity index (χ0) is 21.0. The number of benzene rings is 2. The molecule has 3 rings (SSSR count). The molecule has 0 atom stereocenters. The number of rotatable bonds is 6. The molecule has 7 nitrogen and oxygen atoms in total. The molecule has 0 radical (unpaired) electrons. The molecule has 0 bridgehead atoms. The summed E-state index contributed by atoms with van der Waals surface area (Å²) in [6.07, 6.45) is 1.66. The topological polar surface area (TPSA) is 89.8 Å². The summed E-state index contributed by atoms with van der Waals surface area (Å²) in [5, 5.41) is 0.894. The first-order valence-corrected chi connectivity index (χ1v) is 9.30. The second-order valence-electron chi connectivity index (χ2n) is 6.62. The molecule has 2 N–H and O–H groups in total. The smallest absolute Gasteiger partial charge is 0.269 e. The lowest BCUT2D eigenvalue weighted by molar-refractivity contribution is -0.121. The molecule has 1 aromatic heterocycles. The number of hydrogen-bond acceptors (Lipinski definition) is 5. The molecule has 0 fully saturated rings. The Bertz CT molecular complexity index is 1050. The third-order valence-corrected chi connectivity index (χ3v) is 4.73. The van der Waals surface area contributed by atoms with Gasteiger partial charge in [-0.25, -0.2) is 0 Å². The number of nitrogens with one attached hydrogen (secondary N) is 2. The van der Waals surface area contributed by atoms with Crippen molar-refractivity contribution in [2.45, 2.75) is 27.2 Å². The van der Waals surface area contributed by atoms with Crippen molar-refractivity contribution < 1.29 is 23.5 Å².